The van der Waals surface area contributed by atoms with Gasteiger partial charge in [0.2, 0.25) is 0 Å². The largest absolute Gasteiger partial charge is 0.353 e. The number of H-pyrrole nitrogens is 1. The third-order valence-corrected chi connectivity index (χ3v) is 6.12. The molecule has 33 heavy (non-hydrogen) atoms. The fourth-order valence-corrected chi connectivity index (χ4v) is 4.25. The molecule has 2 N–H and O–H groups in total. The summed E-state index contributed by atoms with van der Waals surface area (Å²) in [6.45, 7) is 4.93. The van der Waals surface area contributed by atoms with E-state index in [0.717, 1.165) is 39.5 Å². The molecule has 4 heteroatoms. The highest BCUT2D eigenvalue weighted by atomic mass is 16.1. The van der Waals surface area contributed by atoms with Crippen LogP contribution in [0.2, 0.25) is 0 Å². The predicted octanol–water partition coefficient (Wildman–Crippen LogP) is 6.48. The Morgan fingerprint density at radius 2 is 1.64 bits per heavy atom. The van der Waals surface area contributed by atoms with Gasteiger partial charge < -0.3 is 10.3 Å². The van der Waals surface area contributed by atoms with Crippen LogP contribution >= 0.6 is 0 Å². The van der Waals surface area contributed by atoms with Crippen LogP contribution in [-0.4, -0.2) is 22.4 Å². The van der Waals surface area contributed by atoms with Crippen LogP contribution in [0.25, 0.3) is 33.1 Å². The molecule has 5 rings (SSSR count). The maximum absolute atomic E-state index is 13.1. The Balaban J connectivity index is 1.53. The van der Waals surface area contributed by atoms with E-state index in [9.17, 15) is 4.79 Å². The number of nitrogens with one attached hydrogen (secondary N) is 2. The molecule has 0 aliphatic heterocycles. The van der Waals surface area contributed by atoms with E-state index in [1.54, 1.807) is 0 Å². The SMILES string of the molecule is CC(C)c1ccc(-c2nc(C(=O)NCCc3ccccc3)cc3c2[nH]c2ccccc23)cc1. The first-order valence-electron chi connectivity index (χ1n) is 11.4. The van der Waals surface area contributed by atoms with E-state index < -0.39 is 0 Å². The number of aromatic nitrogens is 2. The van der Waals surface area contributed by atoms with Crippen molar-refractivity contribution in [2.75, 3.05) is 6.54 Å². The van der Waals surface area contributed by atoms with Crippen LogP contribution in [0.5, 0.6) is 0 Å². The monoisotopic (exact) mass is 433 g/mol. The van der Waals surface area contributed by atoms with E-state index in [0.29, 0.717) is 18.2 Å². The van der Waals surface area contributed by atoms with Gasteiger partial charge in [-0.15, -0.1) is 0 Å². The van der Waals surface area contributed by atoms with Gasteiger partial charge in [-0.1, -0.05) is 86.6 Å². The number of carbonyl (C=O) groups is 1. The van der Waals surface area contributed by atoms with Gasteiger partial charge in [0.05, 0.1) is 11.2 Å². The quantitative estimate of drug-likeness (QED) is 0.322. The van der Waals surface area contributed by atoms with Gasteiger partial charge in [-0.3, -0.25) is 4.79 Å². The van der Waals surface area contributed by atoms with Gasteiger partial charge in [0, 0.05) is 28.4 Å². The molecular weight excluding hydrogens is 406 g/mol. The van der Waals surface area contributed by atoms with E-state index in [1.807, 2.05) is 36.4 Å². The number of aromatic amines is 1. The summed E-state index contributed by atoms with van der Waals surface area (Å²) in [6.07, 6.45) is 0.783. The van der Waals surface area contributed by atoms with E-state index in [1.165, 1.54) is 11.1 Å². The number of hydrogen-bond donors (Lipinski definition) is 2. The lowest BCUT2D eigenvalue weighted by molar-refractivity contribution is 0.0949. The molecule has 164 valence electrons. The van der Waals surface area contributed by atoms with Crippen LogP contribution in [0, 0.1) is 0 Å². The van der Waals surface area contributed by atoms with Gasteiger partial charge in [0.25, 0.3) is 5.91 Å². The van der Waals surface area contributed by atoms with Gasteiger partial charge in [-0.25, -0.2) is 4.98 Å². The molecule has 0 spiro atoms. The molecule has 2 aromatic heterocycles. The summed E-state index contributed by atoms with van der Waals surface area (Å²) in [4.78, 5) is 21.4. The third-order valence-electron chi connectivity index (χ3n) is 6.12. The Hall–Kier alpha value is -3.92. The number of rotatable bonds is 6. The van der Waals surface area contributed by atoms with Crippen molar-refractivity contribution in [3.8, 4) is 11.3 Å². The second kappa shape index (κ2) is 8.91. The number of fused-ring (bicyclic) bond motifs is 3. The molecule has 1 amide bonds. The highest BCUT2D eigenvalue weighted by molar-refractivity contribution is 6.13. The highest BCUT2D eigenvalue weighted by Gasteiger charge is 2.17. The van der Waals surface area contributed by atoms with Crippen molar-refractivity contribution in [1.29, 1.82) is 0 Å². The zero-order valence-electron chi connectivity index (χ0n) is 18.9. The average molecular weight is 434 g/mol. The Bertz CT molecular complexity index is 1420. The molecule has 3 aromatic carbocycles. The normalized spacial score (nSPS) is 11.4. The van der Waals surface area contributed by atoms with Crippen LogP contribution in [0.3, 0.4) is 0 Å². The Kier molecular flexibility index (Phi) is 5.66. The molecule has 0 atom stereocenters. The Labute approximate surface area is 193 Å². The van der Waals surface area contributed by atoms with Gasteiger partial charge in [-0.05, 0) is 35.6 Å². The number of hydrogen-bond acceptors (Lipinski definition) is 2. The zero-order valence-corrected chi connectivity index (χ0v) is 18.9. The smallest absolute Gasteiger partial charge is 0.269 e. The van der Waals surface area contributed by atoms with Gasteiger partial charge in [-0.2, -0.15) is 0 Å². The summed E-state index contributed by atoms with van der Waals surface area (Å²) >= 11 is 0. The summed E-state index contributed by atoms with van der Waals surface area (Å²) in [5, 5.41) is 5.15. The minimum absolute atomic E-state index is 0.154. The molecular formula is C29H27N3O. The minimum atomic E-state index is -0.154. The number of amides is 1. The summed E-state index contributed by atoms with van der Waals surface area (Å²) in [7, 11) is 0. The first-order chi connectivity index (χ1) is 16.1. The molecule has 0 bridgehead atoms. The summed E-state index contributed by atoms with van der Waals surface area (Å²) in [5.41, 5.74) is 6.70. The van der Waals surface area contributed by atoms with Crippen molar-refractivity contribution in [2.45, 2.75) is 26.2 Å². The lowest BCUT2D eigenvalue weighted by atomic mass is 9.99. The molecule has 0 aliphatic rings. The van der Waals surface area contributed by atoms with E-state index in [4.69, 9.17) is 4.98 Å². The molecule has 0 fully saturated rings. The lowest BCUT2D eigenvalue weighted by Gasteiger charge is -2.10. The van der Waals surface area contributed by atoms with Crippen molar-refractivity contribution in [3.63, 3.8) is 0 Å². The van der Waals surface area contributed by atoms with Crippen molar-refractivity contribution >= 4 is 27.7 Å². The fraction of sp³-hybridized carbons (Fsp3) is 0.172. The Morgan fingerprint density at radius 1 is 0.909 bits per heavy atom. The molecule has 0 saturated carbocycles. The number of benzene rings is 3. The van der Waals surface area contributed by atoms with Crippen molar-refractivity contribution in [2.24, 2.45) is 0 Å². The lowest BCUT2D eigenvalue weighted by Crippen LogP contribution is -2.26. The number of pyridine rings is 1. The molecule has 0 aliphatic carbocycles. The van der Waals surface area contributed by atoms with E-state index in [2.05, 4.69) is 72.7 Å². The highest BCUT2D eigenvalue weighted by Crippen LogP contribution is 2.33. The Morgan fingerprint density at radius 3 is 2.39 bits per heavy atom. The van der Waals surface area contributed by atoms with Crippen molar-refractivity contribution in [1.82, 2.24) is 15.3 Å². The van der Waals surface area contributed by atoms with Crippen LogP contribution < -0.4 is 5.32 Å². The van der Waals surface area contributed by atoms with Crippen molar-refractivity contribution < 1.29 is 4.79 Å². The number of nitrogens with zero attached hydrogens (tertiary/aromatic N) is 1. The molecule has 5 aromatic rings. The summed E-state index contributed by atoms with van der Waals surface area (Å²) in [5.74, 6) is 0.306. The zero-order chi connectivity index (χ0) is 22.8. The van der Waals surface area contributed by atoms with E-state index >= 15 is 0 Å². The molecule has 0 unspecified atom stereocenters. The van der Waals surface area contributed by atoms with Crippen LogP contribution in [0.4, 0.5) is 0 Å². The van der Waals surface area contributed by atoms with Crippen LogP contribution in [0.15, 0.2) is 84.9 Å². The van der Waals surface area contributed by atoms with Crippen LogP contribution in [-0.2, 0) is 6.42 Å². The standard InChI is InChI=1S/C29H27N3O/c1-19(2)21-12-14-22(15-13-21)27-28-24(23-10-6-7-11-25(23)31-28)18-26(32-27)29(33)30-17-16-20-8-4-3-5-9-20/h3-15,18-19,31H,16-17H2,1-2H3,(H,30,33). The van der Waals surface area contributed by atoms with Gasteiger partial charge in [0.15, 0.2) is 0 Å². The first-order valence-corrected chi connectivity index (χ1v) is 11.4. The number of carbonyl (C=O) groups excluding carboxylic acids is 1. The molecule has 0 saturated heterocycles. The molecule has 4 nitrogen and oxygen atoms in total. The maximum atomic E-state index is 13.1. The summed E-state index contributed by atoms with van der Waals surface area (Å²) < 4.78 is 0. The predicted molar refractivity (Wildman–Crippen MR) is 136 cm³/mol. The minimum Gasteiger partial charge on any atom is -0.353 e. The molecule has 2 heterocycles. The second-order valence-corrected chi connectivity index (χ2v) is 8.72. The molecule has 0 radical (unpaired) electrons. The van der Waals surface area contributed by atoms with Crippen LogP contribution in [0.1, 0.15) is 41.4 Å². The topological polar surface area (TPSA) is 57.8 Å². The second-order valence-electron chi connectivity index (χ2n) is 8.72. The number of para-hydroxylation sites is 1. The first kappa shape index (κ1) is 21.0. The van der Waals surface area contributed by atoms with Gasteiger partial charge in [0.1, 0.15) is 5.69 Å². The third kappa shape index (κ3) is 4.24. The van der Waals surface area contributed by atoms with Gasteiger partial charge >= 0.3 is 0 Å². The maximum Gasteiger partial charge on any atom is 0.269 e. The van der Waals surface area contributed by atoms with E-state index in [-0.39, 0.29) is 5.91 Å². The summed E-state index contributed by atoms with van der Waals surface area (Å²) in [6, 6.07) is 28.7. The van der Waals surface area contributed by atoms with Crippen molar-refractivity contribution in [3.05, 3.63) is 102 Å². The fourth-order valence-electron chi connectivity index (χ4n) is 4.25. The average Bonchev–Trinajstić information content (AvgIpc) is 3.23.